The Bertz CT molecular complexity index is 1400. The Balaban J connectivity index is 1.22. The first-order chi connectivity index (χ1) is 19.4. The molecule has 8 heteroatoms. The van der Waals surface area contributed by atoms with Crippen LogP contribution in [0.3, 0.4) is 0 Å². The lowest BCUT2D eigenvalue weighted by atomic mass is 9.87. The number of likely N-dealkylation sites (tertiary alicyclic amines) is 2. The molecule has 0 radical (unpaired) electrons. The van der Waals surface area contributed by atoms with Crippen LogP contribution in [0.5, 0.6) is 0 Å². The molecule has 1 amide bonds. The summed E-state index contributed by atoms with van der Waals surface area (Å²) in [5, 5.41) is 1.28. The lowest BCUT2D eigenvalue weighted by Gasteiger charge is -2.32. The van der Waals surface area contributed by atoms with E-state index in [4.69, 9.17) is 4.74 Å². The van der Waals surface area contributed by atoms with E-state index in [1.54, 1.807) is 18.3 Å². The van der Waals surface area contributed by atoms with Crippen LogP contribution in [0.4, 0.5) is 4.39 Å². The van der Waals surface area contributed by atoms with Crippen molar-refractivity contribution in [3.05, 3.63) is 52.9 Å². The zero-order chi connectivity index (χ0) is 27.8. The van der Waals surface area contributed by atoms with Gasteiger partial charge in [-0.1, -0.05) is 26.0 Å². The molecule has 7 nitrogen and oxygen atoms in total. The summed E-state index contributed by atoms with van der Waals surface area (Å²) < 4.78 is 19.3. The van der Waals surface area contributed by atoms with Gasteiger partial charge in [0.05, 0.1) is 26.2 Å². The summed E-state index contributed by atoms with van der Waals surface area (Å²) in [5.41, 5.74) is 7.05. The van der Waals surface area contributed by atoms with Gasteiger partial charge in [0.1, 0.15) is 24.0 Å². The summed E-state index contributed by atoms with van der Waals surface area (Å²) >= 11 is 0. The van der Waals surface area contributed by atoms with E-state index in [9.17, 15) is 9.18 Å². The molecule has 1 aliphatic carbocycles. The topological polar surface area (TPSA) is 73.3 Å². The first-order valence-corrected chi connectivity index (χ1v) is 14.8. The van der Waals surface area contributed by atoms with Crippen LogP contribution in [0.25, 0.3) is 16.5 Å². The number of carbonyl (C=O) groups excluding carboxylic acids is 1. The number of ether oxygens (including phenoxy) is 1. The van der Waals surface area contributed by atoms with Gasteiger partial charge < -0.3 is 14.6 Å². The number of H-pyrrole nitrogens is 1. The van der Waals surface area contributed by atoms with Crippen molar-refractivity contribution in [2.45, 2.75) is 70.0 Å². The zero-order valence-corrected chi connectivity index (χ0v) is 23.8. The van der Waals surface area contributed by atoms with E-state index in [1.165, 1.54) is 16.5 Å². The predicted octanol–water partition coefficient (Wildman–Crippen LogP) is 5.60. The van der Waals surface area contributed by atoms with E-state index in [0.717, 1.165) is 67.0 Å². The van der Waals surface area contributed by atoms with Gasteiger partial charge in [0.2, 0.25) is 5.91 Å². The van der Waals surface area contributed by atoms with Crippen LogP contribution in [0.15, 0.2) is 46.1 Å². The summed E-state index contributed by atoms with van der Waals surface area (Å²) in [6.45, 7) is 7.52. The highest BCUT2D eigenvalue weighted by Crippen LogP contribution is 2.38. The number of piperidine rings is 1. The van der Waals surface area contributed by atoms with Crippen molar-refractivity contribution < 1.29 is 13.9 Å². The third-order valence-electron chi connectivity index (χ3n) is 8.95. The maximum atomic E-state index is 13.5. The number of nitrogens with one attached hydrogen (secondary N) is 1. The largest absolute Gasteiger partial charge is 0.495 e. The zero-order valence-electron chi connectivity index (χ0n) is 23.8. The molecule has 2 atom stereocenters. The number of hydrogen-bond donors (Lipinski definition) is 1. The molecular weight excluding hydrogens is 505 g/mol. The van der Waals surface area contributed by atoms with E-state index in [2.05, 4.69) is 64.1 Å². The first kappa shape index (κ1) is 26.9. The molecule has 1 aromatic heterocycles. The molecule has 1 unspecified atom stereocenters. The number of alkyl halides is 1. The average molecular weight is 546 g/mol. The van der Waals surface area contributed by atoms with Gasteiger partial charge in [0.15, 0.2) is 0 Å². The van der Waals surface area contributed by atoms with Crippen LogP contribution < -0.4 is 0 Å². The molecule has 4 heterocycles. The van der Waals surface area contributed by atoms with Crippen molar-refractivity contribution >= 4 is 34.4 Å². The molecule has 6 rings (SSSR count). The van der Waals surface area contributed by atoms with Crippen molar-refractivity contribution in [1.82, 2.24) is 14.8 Å². The van der Waals surface area contributed by atoms with Crippen LogP contribution >= 0.6 is 0 Å². The molecule has 0 bridgehead atoms. The molecule has 2 fully saturated rings. The number of hydrogen-bond acceptors (Lipinski definition) is 5. The molecule has 0 saturated carbocycles. The highest BCUT2D eigenvalue weighted by atomic mass is 19.1. The van der Waals surface area contributed by atoms with Crippen molar-refractivity contribution in [1.29, 1.82) is 0 Å². The SMILES string of the molecule is CO/C1=C/C(c2[nH]c3ccc(C4CCN(CC(=O)N5CC[C@@H](F)C5)CC4)cc3c2C(C)C)=C\CCC2N=CN=C12. The second-order valence-electron chi connectivity index (χ2n) is 11.9. The predicted molar refractivity (Wildman–Crippen MR) is 159 cm³/mol. The summed E-state index contributed by atoms with van der Waals surface area (Å²) in [6.07, 6.45) is 9.57. The lowest BCUT2D eigenvalue weighted by molar-refractivity contribution is -0.131. The molecule has 40 heavy (non-hydrogen) atoms. The monoisotopic (exact) mass is 545 g/mol. The van der Waals surface area contributed by atoms with Gasteiger partial charge in [-0.25, -0.2) is 9.38 Å². The van der Waals surface area contributed by atoms with E-state index in [0.29, 0.717) is 31.3 Å². The van der Waals surface area contributed by atoms with Crippen molar-refractivity contribution in [2.24, 2.45) is 9.98 Å². The Labute approximate surface area is 235 Å². The average Bonchev–Trinajstić information content (AvgIpc) is 3.67. The van der Waals surface area contributed by atoms with E-state index in [-0.39, 0.29) is 18.5 Å². The van der Waals surface area contributed by atoms with Gasteiger partial charge in [-0.2, -0.15) is 0 Å². The molecule has 1 N–H and O–H groups in total. The normalized spacial score (nSPS) is 26.7. The quantitative estimate of drug-likeness (QED) is 0.514. The third kappa shape index (κ3) is 5.26. The van der Waals surface area contributed by atoms with Crippen molar-refractivity contribution in [2.75, 3.05) is 39.8 Å². The molecule has 3 aliphatic heterocycles. The number of amides is 1. The summed E-state index contributed by atoms with van der Waals surface area (Å²) in [6, 6.07) is 6.96. The van der Waals surface area contributed by atoms with Gasteiger partial charge >= 0.3 is 0 Å². The number of halogens is 1. The minimum Gasteiger partial charge on any atom is -0.495 e. The van der Waals surface area contributed by atoms with Gasteiger partial charge in [-0.15, -0.1) is 0 Å². The molecule has 0 spiro atoms. The van der Waals surface area contributed by atoms with Gasteiger partial charge in [0, 0.05) is 23.1 Å². The lowest BCUT2D eigenvalue weighted by Crippen LogP contribution is -2.42. The summed E-state index contributed by atoms with van der Waals surface area (Å²) in [7, 11) is 1.71. The second-order valence-corrected chi connectivity index (χ2v) is 11.9. The Kier molecular flexibility index (Phi) is 7.62. The number of benzene rings is 1. The smallest absolute Gasteiger partial charge is 0.236 e. The summed E-state index contributed by atoms with van der Waals surface area (Å²) in [4.78, 5) is 29.3. The molecule has 1 aromatic carbocycles. The van der Waals surface area contributed by atoms with Crippen molar-refractivity contribution in [3.63, 3.8) is 0 Å². The minimum atomic E-state index is -0.862. The third-order valence-corrected chi connectivity index (χ3v) is 8.95. The minimum absolute atomic E-state index is 0.0682. The van der Waals surface area contributed by atoms with Gasteiger partial charge in [-0.3, -0.25) is 14.7 Å². The number of aromatic nitrogens is 1. The Morgan fingerprint density at radius 1 is 1.18 bits per heavy atom. The fourth-order valence-electron chi connectivity index (χ4n) is 6.75. The number of carbonyl (C=O) groups is 1. The molecule has 2 aromatic rings. The Morgan fingerprint density at radius 3 is 2.73 bits per heavy atom. The van der Waals surface area contributed by atoms with E-state index < -0.39 is 6.17 Å². The number of rotatable bonds is 6. The molecule has 2 saturated heterocycles. The fourth-order valence-corrected chi connectivity index (χ4v) is 6.75. The van der Waals surface area contributed by atoms with Gasteiger partial charge in [-0.05, 0) is 91.9 Å². The summed E-state index contributed by atoms with van der Waals surface area (Å²) in [5.74, 6) is 1.65. The van der Waals surface area contributed by atoms with Crippen LogP contribution in [0.2, 0.25) is 0 Å². The maximum absolute atomic E-state index is 13.5. The molecule has 4 aliphatic rings. The van der Waals surface area contributed by atoms with Gasteiger partial charge in [0.25, 0.3) is 0 Å². The fraction of sp³-hybridized carbons (Fsp3) is 0.531. The van der Waals surface area contributed by atoms with Crippen LogP contribution in [0.1, 0.15) is 74.6 Å². The second kappa shape index (κ2) is 11.3. The maximum Gasteiger partial charge on any atom is 0.236 e. The number of methoxy groups -OCH3 is 1. The number of allylic oxidation sites excluding steroid dienone is 3. The first-order valence-electron chi connectivity index (χ1n) is 14.8. The van der Waals surface area contributed by atoms with Crippen LogP contribution in [-0.2, 0) is 9.53 Å². The molecular formula is C32H40FN5O2. The Morgan fingerprint density at radius 2 is 2.00 bits per heavy atom. The van der Waals surface area contributed by atoms with Crippen LogP contribution in [0, 0.1) is 0 Å². The highest BCUT2D eigenvalue weighted by Gasteiger charge is 2.30. The highest BCUT2D eigenvalue weighted by molar-refractivity contribution is 6.10. The molecule has 212 valence electrons. The number of aromatic amines is 1. The number of nitrogens with zero attached hydrogens (tertiary/aromatic N) is 4. The number of aliphatic imine (C=N–C) groups is 2. The standard InChI is InChI=1S/C32H40FN5O2/c1-20(2)30-25-15-22(21-9-12-37(13-10-21)18-29(39)38-14-11-24(33)17-38)7-8-26(25)36-31(30)23-5-4-6-27-32(35-19-34-27)28(16-23)40-3/h5,7-8,15-16,19-21,24,27,36H,4,6,9-14,17-18H2,1-3H3/b23-5+,28-16+/t24-,27?/m1/s1. The number of fused-ring (bicyclic) bond motifs is 2. The van der Waals surface area contributed by atoms with Crippen molar-refractivity contribution in [3.8, 4) is 0 Å². The van der Waals surface area contributed by atoms with Crippen LogP contribution in [-0.4, -0.2) is 84.8 Å². The van der Waals surface area contributed by atoms with E-state index >= 15 is 0 Å². The Hall–Kier alpha value is -3.26. The van der Waals surface area contributed by atoms with E-state index in [1.807, 2.05) is 0 Å².